The Morgan fingerprint density at radius 2 is 2.06 bits per heavy atom. The lowest BCUT2D eigenvalue weighted by Crippen LogP contribution is -2.43. The summed E-state index contributed by atoms with van der Waals surface area (Å²) in [6.07, 6.45) is 4.67. The average Bonchev–Trinajstić information content (AvgIpc) is 2.19. The number of amides is 1. The summed E-state index contributed by atoms with van der Waals surface area (Å²) in [7, 11) is 0. The Kier molecular flexibility index (Phi) is 4.78. The number of hydrogen-bond acceptors (Lipinski definition) is 2. The summed E-state index contributed by atoms with van der Waals surface area (Å²) in [5.41, 5.74) is 6.00. The molecule has 1 fully saturated rings. The lowest BCUT2D eigenvalue weighted by Gasteiger charge is -2.38. The van der Waals surface area contributed by atoms with E-state index in [0.717, 1.165) is 13.0 Å². The van der Waals surface area contributed by atoms with Gasteiger partial charge in [0.25, 0.3) is 0 Å². The first-order valence-corrected chi connectivity index (χ1v) is 6.44. The smallest absolute Gasteiger partial charge is 0.224 e. The molecule has 1 rings (SSSR count). The van der Waals surface area contributed by atoms with Gasteiger partial charge in [-0.2, -0.15) is 0 Å². The van der Waals surface area contributed by atoms with Crippen LogP contribution in [0, 0.1) is 17.3 Å². The summed E-state index contributed by atoms with van der Waals surface area (Å²) in [4.78, 5) is 11.9. The highest BCUT2D eigenvalue weighted by Gasteiger charge is 2.32. The van der Waals surface area contributed by atoms with Crippen molar-refractivity contribution in [2.45, 2.75) is 46.5 Å². The van der Waals surface area contributed by atoms with E-state index in [1.54, 1.807) is 0 Å². The molecule has 0 heterocycles. The second-order valence-electron chi connectivity index (χ2n) is 5.94. The van der Waals surface area contributed by atoms with Crippen molar-refractivity contribution in [1.29, 1.82) is 0 Å². The lowest BCUT2D eigenvalue weighted by molar-refractivity contribution is -0.126. The SMILES string of the molecule is CC(C)CC(CN)C(=O)NCC1(C)CCC1. The molecule has 0 bridgehead atoms. The minimum Gasteiger partial charge on any atom is -0.355 e. The number of carbonyl (C=O) groups excluding carboxylic acids is 1. The fourth-order valence-electron chi connectivity index (χ4n) is 2.28. The lowest BCUT2D eigenvalue weighted by atomic mass is 9.70. The zero-order valence-electron chi connectivity index (χ0n) is 10.9. The van der Waals surface area contributed by atoms with Gasteiger partial charge in [0, 0.05) is 13.1 Å². The maximum Gasteiger partial charge on any atom is 0.224 e. The zero-order chi connectivity index (χ0) is 12.2. The molecule has 3 heteroatoms. The van der Waals surface area contributed by atoms with Crippen molar-refractivity contribution in [2.24, 2.45) is 23.0 Å². The van der Waals surface area contributed by atoms with Crippen LogP contribution in [0.15, 0.2) is 0 Å². The molecule has 16 heavy (non-hydrogen) atoms. The van der Waals surface area contributed by atoms with Gasteiger partial charge in [0.15, 0.2) is 0 Å². The van der Waals surface area contributed by atoms with Gasteiger partial charge >= 0.3 is 0 Å². The van der Waals surface area contributed by atoms with Crippen molar-refractivity contribution < 1.29 is 4.79 Å². The highest BCUT2D eigenvalue weighted by atomic mass is 16.1. The molecule has 3 nitrogen and oxygen atoms in total. The predicted octanol–water partition coefficient (Wildman–Crippen LogP) is 1.91. The first kappa shape index (κ1) is 13.5. The first-order chi connectivity index (χ1) is 7.47. The summed E-state index contributed by atoms with van der Waals surface area (Å²) in [5, 5.41) is 3.06. The van der Waals surface area contributed by atoms with Crippen molar-refractivity contribution in [2.75, 3.05) is 13.1 Å². The second-order valence-corrected chi connectivity index (χ2v) is 5.94. The van der Waals surface area contributed by atoms with E-state index in [0.29, 0.717) is 17.9 Å². The molecule has 0 radical (unpaired) electrons. The van der Waals surface area contributed by atoms with Crippen LogP contribution in [-0.2, 0) is 4.79 Å². The quantitative estimate of drug-likeness (QED) is 0.727. The van der Waals surface area contributed by atoms with Crippen molar-refractivity contribution in [3.8, 4) is 0 Å². The van der Waals surface area contributed by atoms with E-state index >= 15 is 0 Å². The van der Waals surface area contributed by atoms with Gasteiger partial charge in [0.1, 0.15) is 0 Å². The van der Waals surface area contributed by atoms with Crippen LogP contribution >= 0.6 is 0 Å². The van der Waals surface area contributed by atoms with E-state index in [9.17, 15) is 4.79 Å². The predicted molar refractivity (Wildman–Crippen MR) is 67.0 cm³/mol. The Morgan fingerprint density at radius 1 is 1.44 bits per heavy atom. The van der Waals surface area contributed by atoms with E-state index in [-0.39, 0.29) is 11.8 Å². The minimum atomic E-state index is -0.0105. The fourth-order valence-corrected chi connectivity index (χ4v) is 2.28. The van der Waals surface area contributed by atoms with Crippen LogP contribution in [0.25, 0.3) is 0 Å². The molecular formula is C13H26N2O. The van der Waals surface area contributed by atoms with Gasteiger partial charge in [-0.3, -0.25) is 4.79 Å². The van der Waals surface area contributed by atoms with Crippen LogP contribution in [0.3, 0.4) is 0 Å². The third-order valence-corrected chi connectivity index (χ3v) is 3.66. The maximum atomic E-state index is 11.9. The minimum absolute atomic E-state index is 0.0105. The third-order valence-electron chi connectivity index (χ3n) is 3.66. The number of nitrogens with two attached hydrogens (primary N) is 1. The number of nitrogens with one attached hydrogen (secondary N) is 1. The summed E-state index contributed by atoms with van der Waals surface area (Å²) in [5.74, 6) is 0.659. The Morgan fingerprint density at radius 3 is 2.44 bits per heavy atom. The average molecular weight is 226 g/mol. The summed E-state index contributed by atoms with van der Waals surface area (Å²) in [6.45, 7) is 7.78. The molecule has 1 aliphatic carbocycles. The molecule has 94 valence electrons. The molecule has 1 saturated carbocycles. The maximum absolute atomic E-state index is 11.9. The number of carbonyl (C=O) groups is 1. The van der Waals surface area contributed by atoms with Crippen molar-refractivity contribution in [3.05, 3.63) is 0 Å². The van der Waals surface area contributed by atoms with Gasteiger partial charge in [0.05, 0.1) is 5.92 Å². The molecule has 1 aliphatic rings. The highest BCUT2D eigenvalue weighted by molar-refractivity contribution is 5.78. The molecular weight excluding hydrogens is 200 g/mol. The molecule has 0 aromatic rings. The summed E-state index contributed by atoms with van der Waals surface area (Å²) in [6, 6.07) is 0. The van der Waals surface area contributed by atoms with Gasteiger partial charge < -0.3 is 11.1 Å². The molecule has 1 amide bonds. The van der Waals surface area contributed by atoms with E-state index in [1.165, 1.54) is 19.3 Å². The molecule has 1 unspecified atom stereocenters. The van der Waals surface area contributed by atoms with Crippen LogP contribution < -0.4 is 11.1 Å². The van der Waals surface area contributed by atoms with Crippen LogP contribution in [0.1, 0.15) is 46.5 Å². The molecule has 0 aromatic carbocycles. The number of rotatable bonds is 6. The molecule has 3 N–H and O–H groups in total. The Hall–Kier alpha value is -0.570. The van der Waals surface area contributed by atoms with E-state index in [4.69, 9.17) is 5.73 Å². The Balaban J connectivity index is 2.31. The topological polar surface area (TPSA) is 55.1 Å². The standard InChI is InChI=1S/C13H26N2O/c1-10(2)7-11(8-14)12(16)15-9-13(3)5-4-6-13/h10-11H,4-9,14H2,1-3H3,(H,15,16). The van der Waals surface area contributed by atoms with Gasteiger partial charge in [0.2, 0.25) is 5.91 Å². The monoisotopic (exact) mass is 226 g/mol. The van der Waals surface area contributed by atoms with Crippen molar-refractivity contribution in [1.82, 2.24) is 5.32 Å². The molecule has 1 atom stereocenters. The van der Waals surface area contributed by atoms with Crippen molar-refractivity contribution in [3.63, 3.8) is 0 Å². The molecule has 0 spiro atoms. The Labute approximate surface area is 99.2 Å². The first-order valence-electron chi connectivity index (χ1n) is 6.44. The Bertz CT molecular complexity index is 234. The molecule has 0 aliphatic heterocycles. The summed E-state index contributed by atoms with van der Waals surface area (Å²) < 4.78 is 0. The van der Waals surface area contributed by atoms with Crippen molar-refractivity contribution >= 4 is 5.91 Å². The normalized spacial score (nSPS) is 20.3. The third kappa shape index (κ3) is 3.78. The van der Waals surface area contributed by atoms with Gasteiger partial charge in [-0.05, 0) is 30.6 Å². The molecule has 0 saturated heterocycles. The van der Waals surface area contributed by atoms with Crippen LogP contribution in [-0.4, -0.2) is 19.0 Å². The molecule has 0 aromatic heterocycles. The fraction of sp³-hybridized carbons (Fsp3) is 0.923. The van der Waals surface area contributed by atoms with Gasteiger partial charge in [-0.1, -0.05) is 27.2 Å². The zero-order valence-corrected chi connectivity index (χ0v) is 10.9. The second kappa shape index (κ2) is 5.67. The van der Waals surface area contributed by atoms with Crippen LogP contribution in [0.2, 0.25) is 0 Å². The van der Waals surface area contributed by atoms with E-state index in [2.05, 4.69) is 26.1 Å². The largest absolute Gasteiger partial charge is 0.355 e. The number of hydrogen-bond donors (Lipinski definition) is 2. The van der Waals surface area contributed by atoms with E-state index in [1.807, 2.05) is 0 Å². The van der Waals surface area contributed by atoms with Crippen LogP contribution in [0.4, 0.5) is 0 Å². The summed E-state index contributed by atoms with van der Waals surface area (Å²) >= 11 is 0. The van der Waals surface area contributed by atoms with Gasteiger partial charge in [-0.25, -0.2) is 0 Å². The highest BCUT2D eigenvalue weighted by Crippen LogP contribution is 2.39. The van der Waals surface area contributed by atoms with E-state index < -0.39 is 0 Å². The van der Waals surface area contributed by atoms with Crippen LogP contribution in [0.5, 0.6) is 0 Å². The van der Waals surface area contributed by atoms with Gasteiger partial charge in [-0.15, -0.1) is 0 Å².